The molecule has 0 heterocycles. The molecule has 1 N–H and O–H groups in total. The van der Waals surface area contributed by atoms with E-state index < -0.39 is 10.0 Å². The molecule has 0 saturated heterocycles. The van der Waals surface area contributed by atoms with Gasteiger partial charge in [0.05, 0.1) is 4.90 Å². The zero-order valence-corrected chi connectivity index (χ0v) is 15.9. The van der Waals surface area contributed by atoms with E-state index in [0.717, 1.165) is 11.1 Å². The van der Waals surface area contributed by atoms with Crippen LogP contribution in [-0.4, -0.2) is 14.6 Å². The lowest BCUT2D eigenvalue weighted by Gasteiger charge is -2.18. The van der Waals surface area contributed by atoms with E-state index in [0.29, 0.717) is 0 Å². The molecule has 3 rings (SSSR count). The summed E-state index contributed by atoms with van der Waals surface area (Å²) in [5.41, 5.74) is 2.07. The zero-order valence-electron chi connectivity index (χ0n) is 15.1. The average molecular weight is 378 g/mol. The van der Waals surface area contributed by atoms with E-state index in [-0.39, 0.29) is 16.7 Å². The molecule has 0 aliphatic heterocycles. The molecule has 1 atom stereocenters. The van der Waals surface area contributed by atoms with Crippen molar-refractivity contribution in [1.82, 2.24) is 4.83 Å². The number of aryl methyl sites for hydroxylation is 1. The van der Waals surface area contributed by atoms with Gasteiger partial charge in [-0.2, -0.15) is 13.5 Å². The molecule has 0 amide bonds. The van der Waals surface area contributed by atoms with Gasteiger partial charge in [0.25, 0.3) is 10.0 Å². The monoisotopic (exact) mass is 378 g/mol. The Labute approximate surface area is 160 Å². The summed E-state index contributed by atoms with van der Waals surface area (Å²) in [7, 11) is -3.69. The molecule has 0 radical (unpaired) electrons. The number of hydrogen-bond acceptors (Lipinski definition) is 3. The van der Waals surface area contributed by atoms with E-state index >= 15 is 0 Å². The summed E-state index contributed by atoms with van der Waals surface area (Å²) in [5, 5.41) is 4.07. The zero-order chi connectivity index (χ0) is 19.1. The van der Waals surface area contributed by atoms with Crippen molar-refractivity contribution in [2.75, 3.05) is 0 Å². The third-order valence-electron chi connectivity index (χ3n) is 4.34. The van der Waals surface area contributed by atoms with E-state index in [2.05, 4.69) is 22.1 Å². The molecule has 1 aliphatic rings. The first-order valence-electron chi connectivity index (χ1n) is 8.74. The smallest absolute Gasteiger partial charge is 0.200 e. The Morgan fingerprint density at radius 1 is 0.926 bits per heavy atom. The standard InChI is InChI=1S/C22H22N2O2S/c1-18-13-15-21(16-14-18)27(25,26)24-23-17-22(20-11-7-4-8-12-20)19-9-5-2-3-6-10-19/h2-17,19,22,24H,1H3/b23-17-. The molecule has 138 valence electrons. The molecule has 1 unspecified atom stereocenters. The van der Waals surface area contributed by atoms with Crippen LogP contribution in [0.1, 0.15) is 17.0 Å². The Morgan fingerprint density at radius 3 is 2.19 bits per heavy atom. The number of sulfonamides is 1. The number of hydrazone groups is 1. The normalized spacial score (nSPS) is 15.7. The lowest BCUT2D eigenvalue weighted by Crippen LogP contribution is -2.20. The lowest BCUT2D eigenvalue weighted by atomic mass is 9.86. The Hall–Kier alpha value is -2.92. The highest BCUT2D eigenvalue weighted by Gasteiger charge is 2.18. The molecule has 27 heavy (non-hydrogen) atoms. The van der Waals surface area contributed by atoms with Crippen molar-refractivity contribution in [3.05, 3.63) is 102 Å². The fraction of sp³-hybridized carbons (Fsp3) is 0.136. The number of rotatable bonds is 6. The third-order valence-corrected chi connectivity index (χ3v) is 5.58. The first-order valence-corrected chi connectivity index (χ1v) is 10.2. The minimum Gasteiger partial charge on any atom is -0.200 e. The van der Waals surface area contributed by atoms with Crippen LogP contribution in [-0.2, 0) is 10.0 Å². The Bertz CT molecular complexity index is 957. The summed E-state index contributed by atoms with van der Waals surface area (Å²) in [6.45, 7) is 1.91. The van der Waals surface area contributed by atoms with E-state index in [1.807, 2.05) is 61.6 Å². The van der Waals surface area contributed by atoms with Crippen LogP contribution in [0.15, 0.2) is 101 Å². The molecular formula is C22H22N2O2S. The largest absolute Gasteiger partial charge is 0.276 e. The maximum absolute atomic E-state index is 12.4. The maximum Gasteiger partial charge on any atom is 0.276 e. The van der Waals surface area contributed by atoms with Gasteiger partial charge in [0, 0.05) is 18.1 Å². The number of benzene rings is 2. The molecule has 0 fully saturated rings. The highest BCUT2D eigenvalue weighted by Crippen LogP contribution is 2.26. The Morgan fingerprint density at radius 2 is 1.56 bits per heavy atom. The molecule has 4 nitrogen and oxygen atoms in total. The highest BCUT2D eigenvalue weighted by atomic mass is 32.2. The van der Waals surface area contributed by atoms with Gasteiger partial charge in [-0.05, 0) is 24.6 Å². The van der Waals surface area contributed by atoms with Gasteiger partial charge in [-0.15, -0.1) is 0 Å². The third kappa shape index (κ3) is 5.05. The minimum absolute atomic E-state index is 0.0787. The predicted molar refractivity (Wildman–Crippen MR) is 110 cm³/mol. The summed E-state index contributed by atoms with van der Waals surface area (Å²) in [5.74, 6) is -0.00523. The van der Waals surface area contributed by atoms with Crippen molar-refractivity contribution in [2.24, 2.45) is 11.0 Å². The molecule has 5 heteroatoms. The molecule has 0 aromatic heterocycles. The molecular weight excluding hydrogens is 356 g/mol. The molecule has 0 bridgehead atoms. The number of hydrogen-bond donors (Lipinski definition) is 1. The van der Waals surface area contributed by atoms with Gasteiger partial charge in [0.1, 0.15) is 0 Å². The molecule has 1 aliphatic carbocycles. The second kappa shape index (κ2) is 8.64. The first-order chi connectivity index (χ1) is 13.1. The van der Waals surface area contributed by atoms with E-state index in [1.165, 1.54) is 0 Å². The summed E-state index contributed by atoms with van der Waals surface area (Å²) in [4.78, 5) is 2.52. The van der Waals surface area contributed by atoms with Crippen LogP contribution in [0, 0.1) is 12.8 Å². The topological polar surface area (TPSA) is 58.5 Å². The van der Waals surface area contributed by atoms with Crippen molar-refractivity contribution in [3.8, 4) is 0 Å². The summed E-state index contributed by atoms with van der Waals surface area (Å²) in [6, 6.07) is 16.6. The highest BCUT2D eigenvalue weighted by molar-refractivity contribution is 7.89. The predicted octanol–water partition coefficient (Wildman–Crippen LogP) is 4.34. The van der Waals surface area contributed by atoms with Crippen LogP contribution >= 0.6 is 0 Å². The van der Waals surface area contributed by atoms with Gasteiger partial charge in [-0.3, -0.25) is 0 Å². The van der Waals surface area contributed by atoms with Crippen LogP contribution in [0.5, 0.6) is 0 Å². The molecule has 0 spiro atoms. The summed E-state index contributed by atoms with van der Waals surface area (Å²) in [6.07, 6.45) is 13.7. The first kappa shape index (κ1) is 18.9. The quantitative estimate of drug-likeness (QED) is 0.600. The summed E-state index contributed by atoms with van der Waals surface area (Å²) < 4.78 is 24.9. The van der Waals surface area contributed by atoms with Crippen LogP contribution in [0.25, 0.3) is 0 Å². The van der Waals surface area contributed by atoms with Gasteiger partial charge in [0.2, 0.25) is 0 Å². The van der Waals surface area contributed by atoms with E-state index in [1.54, 1.807) is 30.5 Å². The van der Waals surface area contributed by atoms with Gasteiger partial charge >= 0.3 is 0 Å². The number of allylic oxidation sites excluding steroid dienone is 6. The van der Waals surface area contributed by atoms with Crippen LogP contribution in [0.2, 0.25) is 0 Å². The molecule has 2 aromatic carbocycles. The second-order valence-electron chi connectivity index (χ2n) is 6.35. The van der Waals surface area contributed by atoms with Crippen molar-refractivity contribution < 1.29 is 8.42 Å². The van der Waals surface area contributed by atoms with Crippen molar-refractivity contribution in [1.29, 1.82) is 0 Å². The summed E-state index contributed by atoms with van der Waals surface area (Å²) >= 11 is 0. The van der Waals surface area contributed by atoms with Crippen LogP contribution in [0.3, 0.4) is 0 Å². The molecule has 0 saturated carbocycles. The lowest BCUT2D eigenvalue weighted by molar-refractivity contribution is 0.584. The average Bonchev–Trinajstić information content (AvgIpc) is 2.95. The maximum atomic E-state index is 12.4. The van der Waals surface area contributed by atoms with Crippen molar-refractivity contribution in [3.63, 3.8) is 0 Å². The van der Waals surface area contributed by atoms with Crippen molar-refractivity contribution >= 4 is 16.2 Å². The SMILES string of the molecule is Cc1ccc(S(=O)(=O)N/N=C\C(c2ccccc2)C2C=CC=CC=C2)cc1. The minimum atomic E-state index is -3.69. The van der Waals surface area contributed by atoms with Gasteiger partial charge in [-0.25, -0.2) is 4.83 Å². The Kier molecular flexibility index (Phi) is 6.04. The fourth-order valence-corrected chi connectivity index (χ4v) is 3.65. The Balaban J connectivity index is 1.82. The van der Waals surface area contributed by atoms with Gasteiger partial charge in [0.15, 0.2) is 0 Å². The number of nitrogens with one attached hydrogen (secondary N) is 1. The number of nitrogens with zero attached hydrogens (tertiary/aromatic N) is 1. The van der Waals surface area contributed by atoms with Crippen LogP contribution < -0.4 is 4.83 Å². The van der Waals surface area contributed by atoms with Crippen molar-refractivity contribution in [2.45, 2.75) is 17.7 Å². The van der Waals surface area contributed by atoms with Crippen LogP contribution in [0.4, 0.5) is 0 Å². The van der Waals surface area contributed by atoms with E-state index in [4.69, 9.17) is 0 Å². The van der Waals surface area contributed by atoms with E-state index in [9.17, 15) is 8.42 Å². The van der Waals surface area contributed by atoms with Gasteiger partial charge in [-0.1, -0.05) is 84.5 Å². The second-order valence-corrected chi connectivity index (χ2v) is 8.02. The van der Waals surface area contributed by atoms with Gasteiger partial charge < -0.3 is 0 Å². The molecule has 2 aromatic rings. The fourth-order valence-electron chi connectivity index (χ4n) is 2.85.